The lowest BCUT2D eigenvalue weighted by atomic mass is 10.1. The number of hydrogen-bond donors (Lipinski definition) is 2. The Bertz CT molecular complexity index is 1010. The molecule has 142 valence electrons. The van der Waals surface area contributed by atoms with Gasteiger partial charge in [-0.25, -0.2) is 4.98 Å². The molecule has 0 atom stereocenters. The van der Waals surface area contributed by atoms with Gasteiger partial charge in [-0.15, -0.1) is 0 Å². The average Bonchev–Trinajstić information content (AvgIpc) is 2.70. The van der Waals surface area contributed by atoms with Gasteiger partial charge in [0.15, 0.2) is 0 Å². The minimum absolute atomic E-state index is 0.168. The van der Waals surface area contributed by atoms with Crippen LogP contribution in [0.25, 0.3) is 0 Å². The number of carbonyl (C=O) groups excluding carboxylic acids is 2. The number of anilines is 1. The molecule has 6 heteroatoms. The number of aromatic nitrogens is 1. The summed E-state index contributed by atoms with van der Waals surface area (Å²) in [5, 5.41) is 6.23. The van der Waals surface area contributed by atoms with Crippen LogP contribution in [0.15, 0.2) is 60.7 Å². The van der Waals surface area contributed by atoms with E-state index in [2.05, 4.69) is 15.6 Å². The maximum absolute atomic E-state index is 12.6. The number of amides is 2. The number of aryl methyl sites for hydroxylation is 2. The monoisotopic (exact) mass is 393 g/mol. The van der Waals surface area contributed by atoms with Crippen molar-refractivity contribution >= 4 is 29.1 Å². The van der Waals surface area contributed by atoms with Crippen LogP contribution in [0.2, 0.25) is 5.02 Å². The van der Waals surface area contributed by atoms with Crippen LogP contribution in [-0.2, 0) is 6.54 Å². The summed E-state index contributed by atoms with van der Waals surface area (Å²) in [6.07, 6.45) is 0. The van der Waals surface area contributed by atoms with Crippen molar-refractivity contribution in [2.24, 2.45) is 0 Å². The second kappa shape index (κ2) is 8.67. The van der Waals surface area contributed by atoms with E-state index in [9.17, 15) is 9.59 Å². The molecule has 1 aromatic heterocycles. The molecule has 28 heavy (non-hydrogen) atoms. The van der Waals surface area contributed by atoms with E-state index < -0.39 is 0 Å². The number of carbonyl (C=O) groups is 2. The molecule has 2 N–H and O–H groups in total. The highest BCUT2D eigenvalue weighted by Crippen LogP contribution is 2.20. The van der Waals surface area contributed by atoms with Crippen molar-refractivity contribution in [3.63, 3.8) is 0 Å². The molecule has 2 aromatic carbocycles. The lowest BCUT2D eigenvalue weighted by Crippen LogP contribution is -2.25. The standard InChI is InChI=1S/C22H20ClN3O2/c1-14-7-5-8-15(2)20(14)26-22(28)19-12-6-11-18(25-19)21(27)24-13-16-9-3-4-10-17(16)23/h3-12H,13H2,1-2H3,(H,24,27)(H,26,28). The summed E-state index contributed by atoms with van der Waals surface area (Å²) in [6, 6.07) is 17.8. The first-order chi connectivity index (χ1) is 13.5. The van der Waals surface area contributed by atoms with Gasteiger partial charge in [0.05, 0.1) is 0 Å². The molecule has 5 nitrogen and oxygen atoms in total. The molecule has 0 spiro atoms. The number of rotatable bonds is 5. The highest BCUT2D eigenvalue weighted by Gasteiger charge is 2.14. The van der Waals surface area contributed by atoms with Gasteiger partial charge in [-0.3, -0.25) is 9.59 Å². The molecule has 0 unspecified atom stereocenters. The Morgan fingerprint density at radius 2 is 1.46 bits per heavy atom. The van der Waals surface area contributed by atoms with Gasteiger partial charge in [0.2, 0.25) is 0 Å². The molecule has 0 saturated carbocycles. The average molecular weight is 394 g/mol. The van der Waals surface area contributed by atoms with Crippen LogP contribution >= 0.6 is 11.6 Å². The zero-order chi connectivity index (χ0) is 20.1. The summed E-state index contributed by atoms with van der Waals surface area (Å²) in [6.45, 7) is 4.13. The molecule has 0 aliphatic rings. The minimum Gasteiger partial charge on any atom is -0.347 e. The van der Waals surface area contributed by atoms with E-state index in [0.717, 1.165) is 22.4 Å². The minimum atomic E-state index is -0.373. The third-order valence-corrected chi connectivity index (χ3v) is 4.70. The lowest BCUT2D eigenvalue weighted by molar-refractivity contribution is 0.0945. The Balaban J connectivity index is 1.72. The van der Waals surface area contributed by atoms with Gasteiger partial charge in [-0.1, -0.05) is 54.1 Å². The van der Waals surface area contributed by atoms with Gasteiger partial charge >= 0.3 is 0 Å². The Hall–Kier alpha value is -3.18. The van der Waals surface area contributed by atoms with Gasteiger partial charge in [0, 0.05) is 17.3 Å². The van der Waals surface area contributed by atoms with Crippen molar-refractivity contribution in [2.45, 2.75) is 20.4 Å². The highest BCUT2D eigenvalue weighted by molar-refractivity contribution is 6.31. The Labute approximate surface area is 168 Å². The van der Waals surface area contributed by atoms with Crippen LogP contribution in [0.3, 0.4) is 0 Å². The summed E-state index contributed by atoms with van der Waals surface area (Å²) in [5.41, 5.74) is 3.82. The molecule has 3 aromatic rings. The first-order valence-electron chi connectivity index (χ1n) is 8.82. The van der Waals surface area contributed by atoms with E-state index in [0.29, 0.717) is 5.02 Å². The number of para-hydroxylation sites is 1. The molecule has 2 amide bonds. The van der Waals surface area contributed by atoms with E-state index in [1.54, 1.807) is 24.3 Å². The fourth-order valence-electron chi connectivity index (χ4n) is 2.78. The summed E-state index contributed by atoms with van der Waals surface area (Å²) < 4.78 is 0. The maximum Gasteiger partial charge on any atom is 0.274 e. The van der Waals surface area contributed by atoms with Crippen molar-refractivity contribution in [1.29, 1.82) is 0 Å². The maximum atomic E-state index is 12.6. The van der Waals surface area contributed by atoms with E-state index in [1.807, 2.05) is 50.2 Å². The zero-order valence-corrected chi connectivity index (χ0v) is 16.4. The Kier molecular flexibility index (Phi) is 6.06. The van der Waals surface area contributed by atoms with Crippen LogP contribution in [0.5, 0.6) is 0 Å². The summed E-state index contributed by atoms with van der Waals surface area (Å²) >= 11 is 6.10. The molecular formula is C22H20ClN3O2. The SMILES string of the molecule is Cc1cccc(C)c1NC(=O)c1cccc(C(=O)NCc2ccccc2Cl)n1. The number of halogens is 1. The smallest absolute Gasteiger partial charge is 0.274 e. The lowest BCUT2D eigenvalue weighted by Gasteiger charge is -2.11. The fourth-order valence-corrected chi connectivity index (χ4v) is 2.99. The molecule has 0 aliphatic heterocycles. The number of nitrogens with one attached hydrogen (secondary N) is 2. The third kappa shape index (κ3) is 4.56. The van der Waals surface area contributed by atoms with Gasteiger partial charge < -0.3 is 10.6 Å². The molecule has 0 saturated heterocycles. The summed E-state index contributed by atoms with van der Waals surface area (Å²) in [4.78, 5) is 29.2. The summed E-state index contributed by atoms with van der Waals surface area (Å²) in [7, 11) is 0. The van der Waals surface area contributed by atoms with E-state index in [4.69, 9.17) is 11.6 Å². The molecule has 3 rings (SSSR count). The number of nitrogens with zero attached hydrogens (tertiary/aromatic N) is 1. The normalized spacial score (nSPS) is 10.4. The first-order valence-corrected chi connectivity index (χ1v) is 9.19. The van der Waals surface area contributed by atoms with Crippen LogP contribution in [-0.4, -0.2) is 16.8 Å². The largest absolute Gasteiger partial charge is 0.347 e. The second-order valence-corrected chi connectivity index (χ2v) is 6.81. The van der Waals surface area contributed by atoms with Crippen LogP contribution in [0, 0.1) is 13.8 Å². The predicted octanol–water partition coefficient (Wildman–Crippen LogP) is 4.53. The first kappa shape index (κ1) is 19.6. The zero-order valence-electron chi connectivity index (χ0n) is 15.6. The molecule has 0 radical (unpaired) electrons. The molecule has 0 aliphatic carbocycles. The number of benzene rings is 2. The van der Waals surface area contributed by atoms with Gasteiger partial charge in [-0.2, -0.15) is 0 Å². The van der Waals surface area contributed by atoms with Crippen LogP contribution in [0.1, 0.15) is 37.7 Å². The van der Waals surface area contributed by atoms with Crippen molar-refractivity contribution in [1.82, 2.24) is 10.3 Å². The highest BCUT2D eigenvalue weighted by atomic mass is 35.5. The predicted molar refractivity (Wildman–Crippen MR) is 111 cm³/mol. The molecule has 0 fully saturated rings. The topological polar surface area (TPSA) is 71.1 Å². The fraction of sp³-hybridized carbons (Fsp3) is 0.136. The third-order valence-electron chi connectivity index (χ3n) is 4.33. The van der Waals surface area contributed by atoms with Crippen molar-refractivity contribution in [3.8, 4) is 0 Å². The Morgan fingerprint density at radius 3 is 2.14 bits per heavy atom. The van der Waals surface area contributed by atoms with Gasteiger partial charge in [0.25, 0.3) is 11.8 Å². The van der Waals surface area contributed by atoms with Crippen LogP contribution < -0.4 is 10.6 Å². The van der Waals surface area contributed by atoms with E-state index in [1.165, 1.54) is 0 Å². The second-order valence-electron chi connectivity index (χ2n) is 6.40. The molecule has 1 heterocycles. The van der Waals surface area contributed by atoms with Crippen molar-refractivity contribution < 1.29 is 9.59 Å². The number of pyridine rings is 1. The van der Waals surface area contributed by atoms with Crippen LogP contribution in [0.4, 0.5) is 5.69 Å². The van der Waals surface area contributed by atoms with Crippen molar-refractivity contribution in [3.05, 3.63) is 93.8 Å². The van der Waals surface area contributed by atoms with Gasteiger partial charge in [0.1, 0.15) is 11.4 Å². The number of hydrogen-bond acceptors (Lipinski definition) is 3. The van der Waals surface area contributed by atoms with Crippen molar-refractivity contribution in [2.75, 3.05) is 5.32 Å². The Morgan fingerprint density at radius 1 is 0.857 bits per heavy atom. The van der Waals surface area contributed by atoms with E-state index in [-0.39, 0.29) is 29.7 Å². The van der Waals surface area contributed by atoms with Gasteiger partial charge in [-0.05, 0) is 48.7 Å². The quantitative estimate of drug-likeness (QED) is 0.668. The van der Waals surface area contributed by atoms with E-state index >= 15 is 0 Å². The summed E-state index contributed by atoms with van der Waals surface area (Å²) in [5.74, 6) is -0.736. The molecular weight excluding hydrogens is 374 g/mol. The molecule has 0 bridgehead atoms.